The van der Waals surface area contributed by atoms with Crippen LogP contribution in [0.4, 0.5) is 0 Å². The Hall–Kier alpha value is -0.0400. The van der Waals surface area contributed by atoms with Gasteiger partial charge in [0.15, 0.2) is 12.4 Å². The van der Waals surface area contributed by atoms with Gasteiger partial charge in [-0.05, 0) is 0 Å². The minimum atomic E-state index is -5.42. The number of phosphoric ester groups is 3. The molecule has 0 aliphatic rings. The summed E-state index contributed by atoms with van der Waals surface area (Å²) in [6, 6.07) is 0. The zero-order chi connectivity index (χ0) is 17.8. The van der Waals surface area contributed by atoms with Crippen LogP contribution in [-0.2, 0) is 32.1 Å². The van der Waals surface area contributed by atoms with Gasteiger partial charge >= 0.3 is 23.5 Å². The van der Waals surface area contributed by atoms with Gasteiger partial charge < -0.3 is 39.3 Å². The Bertz CT molecular complexity index is 499. The van der Waals surface area contributed by atoms with Crippen LogP contribution in [-0.4, -0.2) is 65.7 Å². The summed E-state index contributed by atoms with van der Waals surface area (Å²) < 4.78 is 44.0. The summed E-state index contributed by atoms with van der Waals surface area (Å²) in [6.07, 6.45) is -7.48. The molecular formula is C5H13O14P3. The molecule has 0 aromatic rings. The van der Waals surface area contributed by atoms with Crippen molar-refractivity contribution in [1.82, 2.24) is 0 Å². The summed E-state index contributed by atoms with van der Waals surface area (Å²) in [5.41, 5.74) is 0. The predicted molar refractivity (Wildman–Crippen MR) is 63.9 cm³/mol. The molecule has 0 spiro atoms. The van der Waals surface area contributed by atoms with E-state index in [4.69, 9.17) is 34.5 Å². The fourth-order valence-corrected chi connectivity index (χ4v) is 2.79. The van der Waals surface area contributed by atoms with E-state index >= 15 is 0 Å². The number of carbonyl (C=O) groups excluding carboxylic acids is 1. The second kappa shape index (κ2) is 8.18. The quantitative estimate of drug-likeness (QED) is 0.152. The highest BCUT2D eigenvalue weighted by atomic mass is 31.2. The third-order valence-corrected chi connectivity index (χ3v) is 3.38. The van der Waals surface area contributed by atoms with Crippen LogP contribution in [0.5, 0.6) is 0 Å². The lowest BCUT2D eigenvalue weighted by atomic mass is 10.1. The fraction of sp³-hybridized carbons (Fsp3) is 0.800. The molecule has 7 N–H and O–H groups in total. The number of aldehydes is 1. The van der Waals surface area contributed by atoms with E-state index in [1.807, 2.05) is 0 Å². The van der Waals surface area contributed by atoms with Crippen LogP contribution in [0.3, 0.4) is 0 Å². The molecule has 0 aromatic carbocycles. The molecule has 0 saturated carbocycles. The lowest BCUT2D eigenvalue weighted by Crippen LogP contribution is -2.44. The van der Waals surface area contributed by atoms with Gasteiger partial charge in [-0.3, -0.25) is 13.6 Å². The molecule has 0 radical (unpaired) electrons. The molecule has 0 rings (SSSR count). The Morgan fingerprint density at radius 3 is 1.50 bits per heavy atom. The van der Waals surface area contributed by atoms with E-state index in [1.165, 1.54) is 0 Å². The van der Waals surface area contributed by atoms with Crippen molar-refractivity contribution in [3.8, 4) is 0 Å². The number of hydrogen-bond donors (Lipinski definition) is 7. The number of hydrogen-bond acceptors (Lipinski definition) is 8. The van der Waals surface area contributed by atoms with E-state index < -0.39 is 48.4 Å². The minimum Gasteiger partial charge on any atom is -0.394 e. The first-order valence-electron chi connectivity index (χ1n) is 4.96. The highest BCUT2D eigenvalue weighted by Crippen LogP contribution is 2.46. The number of aliphatic hydroxyl groups is 1. The van der Waals surface area contributed by atoms with Crippen LogP contribution in [0.1, 0.15) is 0 Å². The van der Waals surface area contributed by atoms with Crippen LogP contribution in [0.25, 0.3) is 0 Å². The monoisotopic (exact) mass is 390 g/mol. The van der Waals surface area contributed by atoms with Crippen molar-refractivity contribution in [2.75, 3.05) is 6.61 Å². The second-order valence-corrected chi connectivity index (χ2v) is 7.15. The Morgan fingerprint density at radius 2 is 1.23 bits per heavy atom. The normalized spacial score (nSPS) is 17.8. The maximum Gasteiger partial charge on any atom is 0.470 e. The molecule has 0 heterocycles. The first kappa shape index (κ1) is 22.0. The largest absolute Gasteiger partial charge is 0.470 e. The van der Waals surface area contributed by atoms with Crippen LogP contribution in [0.2, 0.25) is 0 Å². The molecule has 22 heavy (non-hydrogen) atoms. The average molecular weight is 390 g/mol. The molecule has 0 aliphatic carbocycles. The van der Waals surface area contributed by atoms with E-state index in [9.17, 15) is 18.5 Å². The Labute approximate surface area is 122 Å². The molecule has 0 fully saturated rings. The van der Waals surface area contributed by atoms with Crippen molar-refractivity contribution in [2.24, 2.45) is 0 Å². The third kappa shape index (κ3) is 9.87. The van der Waals surface area contributed by atoms with E-state index in [2.05, 4.69) is 13.6 Å². The molecule has 0 aliphatic heterocycles. The smallest absolute Gasteiger partial charge is 0.394 e. The van der Waals surface area contributed by atoms with Gasteiger partial charge in [-0.2, -0.15) is 0 Å². The first-order chi connectivity index (χ1) is 9.68. The number of phosphoric acid groups is 3. The van der Waals surface area contributed by atoms with Gasteiger partial charge in [-0.15, -0.1) is 0 Å². The van der Waals surface area contributed by atoms with Crippen LogP contribution in [0, 0.1) is 0 Å². The van der Waals surface area contributed by atoms with Crippen molar-refractivity contribution >= 4 is 29.8 Å². The van der Waals surface area contributed by atoms with Gasteiger partial charge in [0.05, 0.1) is 6.61 Å². The number of rotatable bonds is 10. The van der Waals surface area contributed by atoms with Gasteiger partial charge in [0.1, 0.15) is 12.2 Å². The Balaban J connectivity index is 5.57. The van der Waals surface area contributed by atoms with E-state index in [0.717, 1.165) is 0 Å². The lowest BCUT2D eigenvalue weighted by Gasteiger charge is -2.29. The van der Waals surface area contributed by atoms with Crippen LogP contribution in [0.15, 0.2) is 0 Å². The molecule has 17 heteroatoms. The highest BCUT2D eigenvalue weighted by Gasteiger charge is 2.42. The van der Waals surface area contributed by atoms with Gasteiger partial charge in [0.25, 0.3) is 0 Å². The number of aliphatic hydroxyl groups excluding tert-OH is 1. The van der Waals surface area contributed by atoms with Crippen molar-refractivity contribution in [1.29, 1.82) is 0 Å². The summed E-state index contributed by atoms with van der Waals surface area (Å²) in [5.74, 6) is 0. The van der Waals surface area contributed by atoms with E-state index in [1.54, 1.807) is 0 Å². The summed E-state index contributed by atoms with van der Waals surface area (Å²) in [4.78, 5) is 62.4. The standard InChI is InChI=1S/C5H13O14P3/c6-1-3(17-20(8,9)10)5(19-22(14,15)16)4(2-7)18-21(11,12)13/h1,3-5,7H,2H2,(H2,8,9,10)(H2,11,12,13)(H2,14,15,16)/t3-,4+,5+/m0/s1. The highest BCUT2D eigenvalue weighted by molar-refractivity contribution is 7.47. The maximum absolute atomic E-state index is 10.8. The molecule has 0 amide bonds. The maximum atomic E-state index is 10.8. The topological polar surface area (TPSA) is 238 Å². The van der Waals surface area contributed by atoms with Crippen molar-refractivity contribution < 1.29 is 66.5 Å². The van der Waals surface area contributed by atoms with Crippen LogP contribution < -0.4 is 0 Å². The Kier molecular flexibility index (Phi) is 8.16. The van der Waals surface area contributed by atoms with Gasteiger partial charge in [-0.25, -0.2) is 13.7 Å². The second-order valence-electron chi connectivity index (χ2n) is 3.57. The zero-order valence-corrected chi connectivity index (χ0v) is 13.0. The first-order valence-corrected chi connectivity index (χ1v) is 9.55. The summed E-state index contributed by atoms with van der Waals surface area (Å²) in [6.45, 7) is -1.34. The predicted octanol–water partition coefficient (Wildman–Crippen LogP) is -2.39. The number of carbonyl (C=O) groups is 1. The third-order valence-electron chi connectivity index (χ3n) is 1.80. The summed E-state index contributed by atoms with van der Waals surface area (Å²) in [7, 11) is -16.1. The molecule has 0 saturated heterocycles. The van der Waals surface area contributed by atoms with Crippen LogP contribution >= 0.6 is 23.5 Å². The van der Waals surface area contributed by atoms with E-state index in [-0.39, 0.29) is 6.29 Å². The SMILES string of the molecule is O=C[C@H](OP(=O)(O)O)[C@@H](OP(=O)(O)O)[C@@H](CO)OP(=O)(O)O. The fourth-order valence-electron chi connectivity index (χ4n) is 1.19. The molecular weight excluding hydrogens is 377 g/mol. The summed E-state index contributed by atoms with van der Waals surface area (Å²) >= 11 is 0. The molecule has 14 nitrogen and oxygen atoms in total. The van der Waals surface area contributed by atoms with Gasteiger partial charge in [-0.1, -0.05) is 0 Å². The van der Waals surface area contributed by atoms with Gasteiger partial charge in [0.2, 0.25) is 0 Å². The molecule has 132 valence electrons. The van der Waals surface area contributed by atoms with E-state index in [0.29, 0.717) is 0 Å². The minimum absolute atomic E-state index is 0.370. The van der Waals surface area contributed by atoms with Gasteiger partial charge in [0, 0.05) is 0 Å². The summed E-state index contributed by atoms with van der Waals surface area (Å²) in [5, 5.41) is 8.93. The van der Waals surface area contributed by atoms with Crippen molar-refractivity contribution in [2.45, 2.75) is 18.3 Å². The molecule has 0 aromatic heterocycles. The van der Waals surface area contributed by atoms with Crippen molar-refractivity contribution in [3.05, 3.63) is 0 Å². The molecule has 3 atom stereocenters. The molecule has 0 bridgehead atoms. The zero-order valence-electron chi connectivity index (χ0n) is 10.3. The van der Waals surface area contributed by atoms with Crippen molar-refractivity contribution in [3.63, 3.8) is 0 Å². The Morgan fingerprint density at radius 1 is 0.818 bits per heavy atom. The lowest BCUT2D eigenvalue weighted by molar-refractivity contribution is -0.125. The molecule has 0 unspecified atom stereocenters. The average Bonchev–Trinajstić information content (AvgIpc) is 2.27.